The number of nitrogens with one attached hydrogen (secondary N) is 1. The number of carbonyl (C=O) groups is 1. The Morgan fingerprint density at radius 3 is 2.62 bits per heavy atom. The van der Waals surface area contributed by atoms with E-state index in [-0.39, 0.29) is 11.4 Å². The monoisotopic (exact) mass is 347 g/mol. The maximum Gasteiger partial charge on any atom is 0.234 e. The van der Waals surface area contributed by atoms with E-state index in [1.807, 2.05) is 0 Å². The largest absolute Gasteiger partial charge is 0.323 e. The zero-order valence-corrected chi connectivity index (χ0v) is 12.8. The van der Waals surface area contributed by atoms with Crippen molar-refractivity contribution in [2.24, 2.45) is 0 Å². The van der Waals surface area contributed by atoms with Crippen molar-refractivity contribution < 1.29 is 13.6 Å². The lowest BCUT2D eigenvalue weighted by Crippen LogP contribution is -2.15. The summed E-state index contributed by atoms with van der Waals surface area (Å²) in [5, 5.41) is 3.35. The van der Waals surface area contributed by atoms with Gasteiger partial charge in [-0.1, -0.05) is 23.2 Å². The molecule has 7 heteroatoms. The van der Waals surface area contributed by atoms with Crippen molar-refractivity contribution in [3.63, 3.8) is 0 Å². The second-order valence-corrected chi connectivity index (χ2v) is 5.90. The SMILES string of the molecule is O=C(CSc1cc(Cl)ccc1Cl)Nc1ccc(F)cc1F. The molecule has 0 heterocycles. The minimum atomic E-state index is -0.825. The first-order valence-electron chi connectivity index (χ1n) is 5.78. The number of anilines is 1. The third-order valence-corrected chi connectivity index (χ3v) is 4.19. The fourth-order valence-corrected chi connectivity index (χ4v) is 2.80. The molecular formula is C14H9Cl2F2NOS. The van der Waals surface area contributed by atoms with Crippen LogP contribution in [0, 0.1) is 11.6 Å². The summed E-state index contributed by atoms with van der Waals surface area (Å²) in [5.74, 6) is -1.93. The fourth-order valence-electron chi connectivity index (χ4n) is 1.51. The van der Waals surface area contributed by atoms with Gasteiger partial charge in [-0.25, -0.2) is 8.78 Å². The maximum absolute atomic E-state index is 13.4. The van der Waals surface area contributed by atoms with Crippen LogP contribution in [0.2, 0.25) is 10.0 Å². The second kappa shape index (κ2) is 7.11. The van der Waals surface area contributed by atoms with Crippen LogP contribution in [-0.2, 0) is 4.79 Å². The minimum absolute atomic E-state index is 0.0247. The first-order valence-corrected chi connectivity index (χ1v) is 7.52. The Bertz CT molecular complexity index is 682. The van der Waals surface area contributed by atoms with Gasteiger partial charge in [-0.2, -0.15) is 0 Å². The summed E-state index contributed by atoms with van der Waals surface area (Å²) in [5.41, 5.74) is -0.0702. The van der Waals surface area contributed by atoms with Gasteiger partial charge >= 0.3 is 0 Å². The number of benzene rings is 2. The number of hydrogen-bond acceptors (Lipinski definition) is 2. The Morgan fingerprint density at radius 1 is 1.14 bits per heavy atom. The minimum Gasteiger partial charge on any atom is -0.323 e. The van der Waals surface area contributed by atoms with Crippen molar-refractivity contribution in [2.45, 2.75) is 4.90 Å². The number of halogens is 4. The van der Waals surface area contributed by atoms with Gasteiger partial charge in [-0.15, -0.1) is 11.8 Å². The van der Waals surface area contributed by atoms with Crippen molar-refractivity contribution in [2.75, 3.05) is 11.1 Å². The standard InChI is InChI=1S/C14H9Cl2F2NOS/c15-8-1-3-10(16)13(5-8)21-7-14(20)19-12-4-2-9(17)6-11(12)18/h1-6H,7H2,(H,19,20). The van der Waals surface area contributed by atoms with Crippen molar-refractivity contribution in [1.82, 2.24) is 0 Å². The average Bonchev–Trinajstić information content (AvgIpc) is 2.43. The van der Waals surface area contributed by atoms with Crippen LogP contribution in [0.4, 0.5) is 14.5 Å². The Labute approximate surface area is 134 Å². The third kappa shape index (κ3) is 4.59. The fraction of sp³-hybridized carbons (Fsp3) is 0.0714. The Balaban J connectivity index is 1.97. The summed E-state index contributed by atoms with van der Waals surface area (Å²) >= 11 is 13.0. The van der Waals surface area contributed by atoms with Crippen LogP contribution in [0.1, 0.15) is 0 Å². The third-order valence-electron chi connectivity index (χ3n) is 2.46. The molecule has 0 saturated heterocycles. The summed E-state index contributed by atoms with van der Waals surface area (Å²) in [6.07, 6.45) is 0. The molecule has 2 aromatic carbocycles. The maximum atomic E-state index is 13.4. The van der Waals surface area contributed by atoms with Crippen LogP contribution in [0.25, 0.3) is 0 Å². The molecular weight excluding hydrogens is 339 g/mol. The second-order valence-electron chi connectivity index (χ2n) is 4.04. The highest BCUT2D eigenvalue weighted by Gasteiger charge is 2.10. The highest BCUT2D eigenvalue weighted by Crippen LogP contribution is 2.30. The highest BCUT2D eigenvalue weighted by atomic mass is 35.5. The van der Waals surface area contributed by atoms with E-state index in [0.29, 0.717) is 21.0 Å². The van der Waals surface area contributed by atoms with E-state index < -0.39 is 17.5 Å². The number of rotatable bonds is 4. The molecule has 0 atom stereocenters. The molecule has 21 heavy (non-hydrogen) atoms. The topological polar surface area (TPSA) is 29.1 Å². The van der Waals surface area contributed by atoms with Gasteiger partial charge < -0.3 is 5.32 Å². The van der Waals surface area contributed by atoms with Crippen molar-refractivity contribution in [1.29, 1.82) is 0 Å². The molecule has 0 aliphatic carbocycles. The van der Waals surface area contributed by atoms with Crippen molar-refractivity contribution in [3.8, 4) is 0 Å². The summed E-state index contributed by atoms with van der Waals surface area (Å²) in [6.45, 7) is 0. The van der Waals surface area contributed by atoms with Gasteiger partial charge in [-0.05, 0) is 30.3 Å². The van der Waals surface area contributed by atoms with Gasteiger partial charge in [0.15, 0.2) is 0 Å². The van der Waals surface area contributed by atoms with Gasteiger partial charge in [0.05, 0.1) is 16.5 Å². The highest BCUT2D eigenvalue weighted by molar-refractivity contribution is 8.00. The molecule has 0 bridgehead atoms. The molecule has 2 rings (SSSR count). The molecule has 1 amide bonds. The van der Waals surface area contributed by atoms with Gasteiger partial charge in [0, 0.05) is 16.0 Å². The molecule has 0 unspecified atom stereocenters. The molecule has 1 N–H and O–H groups in total. The Hall–Kier alpha value is -1.30. The van der Waals surface area contributed by atoms with E-state index in [9.17, 15) is 13.6 Å². The van der Waals surface area contributed by atoms with Crippen LogP contribution in [0.3, 0.4) is 0 Å². The molecule has 110 valence electrons. The zero-order chi connectivity index (χ0) is 15.4. The van der Waals surface area contributed by atoms with Crippen molar-refractivity contribution >= 4 is 46.6 Å². The van der Waals surface area contributed by atoms with E-state index in [1.165, 1.54) is 17.8 Å². The van der Waals surface area contributed by atoms with Crippen molar-refractivity contribution in [3.05, 3.63) is 58.1 Å². The summed E-state index contributed by atoms with van der Waals surface area (Å²) in [7, 11) is 0. The first-order chi connectivity index (χ1) is 9.95. The van der Waals surface area contributed by atoms with Crippen LogP contribution >= 0.6 is 35.0 Å². The molecule has 0 fully saturated rings. The average molecular weight is 348 g/mol. The quantitative estimate of drug-likeness (QED) is 0.788. The molecule has 0 aliphatic heterocycles. The Kier molecular flexibility index (Phi) is 5.45. The van der Waals surface area contributed by atoms with Gasteiger partial charge in [-0.3, -0.25) is 4.79 Å². The van der Waals surface area contributed by atoms with Gasteiger partial charge in [0.25, 0.3) is 0 Å². The lowest BCUT2D eigenvalue weighted by Gasteiger charge is -2.07. The number of carbonyl (C=O) groups excluding carboxylic acids is 1. The van der Waals surface area contributed by atoms with E-state index in [4.69, 9.17) is 23.2 Å². The normalized spacial score (nSPS) is 10.5. The van der Waals surface area contributed by atoms with Gasteiger partial charge in [0.2, 0.25) is 5.91 Å². The first kappa shape index (κ1) is 16.1. The van der Waals surface area contributed by atoms with Crippen LogP contribution in [0.5, 0.6) is 0 Å². The smallest absolute Gasteiger partial charge is 0.234 e. The number of hydrogen-bond donors (Lipinski definition) is 1. The lowest BCUT2D eigenvalue weighted by molar-refractivity contribution is -0.113. The van der Waals surface area contributed by atoms with Crippen LogP contribution in [-0.4, -0.2) is 11.7 Å². The number of thioether (sulfide) groups is 1. The predicted molar refractivity (Wildman–Crippen MR) is 82.2 cm³/mol. The van der Waals surface area contributed by atoms with E-state index in [1.54, 1.807) is 18.2 Å². The molecule has 0 radical (unpaired) electrons. The molecule has 0 aliphatic rings. The van der Waals surface area contributed by atoms with E-state index in [2.05, 4.69) is 5.32 Å². The zero-order valence-electron chi connectivity index (χ0n) is 10.5. The molecule has 0 saturated carbocycles. The van der Waals surface area contributed by atoms with Crippen LogP contribution < -0.4 is 5.32 Å². The lowest BCUT2D eigenvalue weighted by atomic mass is 10.3. The molecule has 0 spiro atoms. The van der Waals surface area contributed by atoms with Gasteiger partial charge in [0.1, 0.15) is 11.6 Å². The molecule has 0 aromatic heterocycles. The summed E-state index contributed by atoms with van der Waals surface area (Å²) < 4.78 is 26.1. The predicted octanol–water partition coefficient (Wildman–Crippen LogP) is 5.00. The summed E-state index contributed by atoms with van der Waals surface area (Å²) in [6, 6.07) is 7.85. The number of amides is 1. The van der Waals surface area contributed by atoms with E-state index in [0.717, 1.165) is 6.07 Å². The molecule has 2 nitrogen and oxygen atoms in total. The molecule has 2 aromatic rings. The summed E-state index contributed by atoms with van der Waals surface area (Å²) in [4.78, 5) is 12.4. The Morgan fingerprint density at radius 2 is 1.90 bits per heavy atom. The van der Waals surface area contributed by atoms with Crippen LogP contribution in [0.15, 0.2) is 41.3 Å². The van der Waals surface area contributed by atoms with E-state index >= 15 is 0 Å².